The van der Waals surface area contributed by atoms with Gasteiger partial charge in [-0.3, -0.25) is 9.59 Å². The summed E-state index contributed by atoms with van der Waals surface area (Å²) >= 11 is 0. The molecule has 20 heavy (non-hydrogen) atoms. The first-order valence-corrected chi connectivity index (χ1v) is 6.68. The van der Waals surface area contributed by atoms with Gasteiger partial charge in [-0.2, -0.15) is 0 Å². The minimum atomic E-state index is -0.247. The van der Waals surface area contributed by atoms with Crippen molar-refractivity contribution < 1.29 is 9.59 Å². The molecule has 0 atom stereocenters. The van der Waals surface area contributed by atoms with Gasteiger partial charge in [0.1, 0.15) is 5.82 Å². The Morgan fingerprint density at radius 1 is 1.25 bits per heavy atom. The molecule has 1 aromatic heterocycles. The largest absolute Gasteiger partial charge is 0.368 e. The van der Waals surface area contributed by atoms with Crippen LogP contribution < -0.4 is 16.0 Å². The van der Waals surface area contributed by atoms with Crippen molar-refractivity contribution in [3.8, 4) is 0 Å². The fourth-order valence-electron chi connectivity index (χ4n) is 1.50. The van der Waals surface area contributed by atoms with Crippen LogP contribution in [-0.4, -0.2) is 41.1 Å². The van der Waals surface area contributed by atoms with Gasteiger partial charge in [-0.1, -0.05) is 0 Å². The number of aromatic nitrogens is 2. The van der Waals surface area contributed by atoms with Crippen molar-refractivity contribution in [3.63, 3.8) is 0 Å². The Hall–Kier alpha value is -2.18. The third-order valence-corrected chi connectivity index (χ3v) is 2.34. The van der Waals surface area contributed by atoms with E-state index in [0.29, 0.717) is 25.3 Å². The van der Waals surface area contributed by atoms with Gasteiger partial charge in [-0.15, -0.1) is 10.2 Å². The van der Waals surface area contributed by atoms with E-state index in [1.165, 1.54) is 0 Å². The monoisotopic (exact) mass is 279 g/mol. The van der Waals surface area contributed by atoms with Gasteiger partial charge in [0.2, 0.25) is 5.91 Å². The van der Waals surface area contributed by atoms with E-state index in [1.807, 2.05) is 20.8 Å². The summed E-state index contributed by atoms with van der Waals surface area (Å²) in [5.41, 5.74) is 0.273. The van der Waals surface area contributed by atoms with Crippen molar-refractivity contribution in [3.05, 3.63) is 17.8 Å². The van der Waals surface area contributed by atoms with Gasteiger partial charge in [0.25, 0.3) is 5.91 Å². The molecule has 7 heteroatoms. The first-order valence-electron chi connectivity index (χ1n) is 6.68. The minimum absolute atomic E-state index is 0.0144. The predicted molar refractivity (Wildman–Crippen MR) is 76.4 cm³/mol. The molecular weight excluding hydrogens is 258 g/mol. The van der Waals surface area contributed by atoms with E-state index in [9.17, 15) is 9.59 Å². The normalized spacial score (nSPS) is 10.2. The van der Waals surface area contributed by atoms with Gasteiger partial charge in [0.15, 0.2) is 5.69 Å². The van der Waals surface area contributed by atoms with E-state index in [4.69, 9.17) is 0 Å². The molecule has 0 aromatic carbocycles. The fourth-order valence-corrected chi connectivity index (χ4v) is 1.50. The molecule has 0 bridgehead atoms. The van der Waals surface area contributed by atoms with Crippen molar-refractivity contribution >= 4 is 17.6 Å². The van der Waals surface area contributed by atoms with Crippen LogP contribution in [0.4, 0.5) is 5.82 Å². The minimum Gasteiger partial charge on any atom is -0.368 e. The van der Waals surface area contributed by atoms with E-state index in [1.54, 1.807) is 12.1 Å². The highest BCUT2D eigenvalue weighted by Gasteiger charge is 2.07. The summed E-state index contributed by atoms with van der Waals surface area (Å²) in [7, 11) is 0. The molecule has 0 saturated carbocycles. The lowest BCUT2D eigenvalue weighted by Crippen LogP contribution is -2.31. The summed E-state index contributed by atoms with van der Waals surface area (Å²) in [5, 5.41) is 16.1. The molecular formula is C13H21N5O2. The zero-order chi connectivity index (χ0) is 15.0. The number of nitrogens with zero attached hydrogens (tertiary/aromatic N) is 2. The van der Waals surface area contributed by atoms with E-state index in [2.05, 4.69) is 26.1 Å². The third-order valence-electron chi connectivity index (χ3n) is 2.34. The van der Waals surface area contributed by atoms with Crippen LogP contribution in [0.1, 0.15) is 37.7 Å². The molecule has 0 aliphatic carbocycles. The molecule has 1 rings (SSSR count). The second-order valence-electron chi connectivity index (χ2n) is 4.56. The maximum absolute atomic E-state index is 11.5. The van der Waals surface area contributed by atoms with Crippen LogP contribution in [0.15, 0.2) is 12.1 Å². The van der Waals surface area contributed by atoms with Gasteiger partial charge in [-0.25, -0.2) is 0 Å². The number of nitrogens with one attached hydrogen (secondary N) is 3. The molecule has 7 nitrogen and oxygen atoms in total. The standard InChI is InChI=1S/C13H21N5O2/c1-4-14-13(20)10-5-6-11(18-17-10)15-8-7-12(19)16-9(2)3/h5-6,9H,4,7-8H2,1-3H3,(H,14,20)(H,15,18)(H,16,19). The average Bonchev–Trinajstić information content (AvgIpc) is 2.39. The second kappa shape index (κ2) is 8.08. The number of carbonyl (C=O) groups excluding carboxylic acids is 2. The Labute approximate surface area is 118 Å². The fraction of sp³-hybridized carbons (Fsp3) is 0.538. The van der Waals surface area contributed by atoms with Crippen LogP contribution in [0.25, 0.3) is 0 Å². The lowest BCUT2D eigenvalue weighted by atomic mass is 10.3. The van der Waals surface area contributed by atoms with Crippen molar-refractivity contribution in [2.24, 2.45) is 0 Å². The van der Waals surface area contributed by atoms with E-state index in [-0.39, 0.29) is 23.6 Å². The maximum Gasteiger partial charge on any atom is 0.271 e. The van der Waals surface area contributed by atoms with Crippen LogP contribution in [0, 0.1) is 0 Å². The maximum atomic E-state index is 11.5. The van der Waals surface area contributed by atoms with Gasteiger partial charge >= 0.3 is 0 Å². The number of hydrogen-bond acceptors (Lipinski definition) is 5. The summed E-state index contributed by atoms with van der Waals surface area (Å²) in [6, 6.07) is 3.39. The molecule has 1 aromatic rings. The van der Waals surface area contributed by atoms with Crippen molar-refractivity contribution in [2.45, 2.75) is 33.2 Å². The van der Waals surface area contributed by atoms with Crippen LogP contribution in [-0.2, 0) is 4.79 Å². The zero-order valence-electron chi connectivity index (χ0n) is 12.1. The predicted octanol–water partition coefficient (Wildman–Crippen LogP) is 0.553. The molecule has 0 radical (unpaired) electrons. The second-order valence-corrected chi connectivity index (χ2v) is 4.56. The third kappa shape index (κ3) is 5.64. The first kappa shape index (κ1) is 15.9. The van der Waals surface area contributed by atoms with Gasteiger partial charge in [0.05, 0.1) is 0 Å². The molecule has 1 heterocycles. The smallest absolute Gasteiger partial charge is 0.271 e. The van der Waals surface area contributed by atoms with Crippen LogP contribution in [0.2, 0.25) is 0 Å². The number of carbonyl (C=O) groups is 2. The number of anilines is 1. The Morgan fingerprint density at radius 2 is 2.00 bits per heavy atom. The Morgan fingerprint density at radius 3 is 2.55 bits per heavy atom. The molecule has 0 spiro atoms. The number of rotatable bonds is 7. The van der Waals surface area contributed by atoms with E-state index < -0.39 is 0 Å². The van der Waals surface area contributed by atoms with Crippen molar-refractivity contribution in [2.75, 3.05) is 18.4 Å². The highest BCUT2D eigenvalue weighted by Crippen LogP contribution is 2.02. The highest BCUT2D eigenvalue weighted by atomic mass is 16.2. The van der Waals surface area contributed by atoms with Crippen LogP contribution in [0.5, 0.6) is 0 Å². The zero-order valence-corrected chi connectivity index (χ0v) is 12.1. The van der Waals surface area contributed by atoms with Crippen LogP contribution in [0.3, 0.4) is 0 Å². The molecule has 0 unspecified atom stereocenters. The molecule has 2 amide bonds. The topological polar surface area (TPSA) is 96.0 Å². The Bertz CT molecular complexity index is 445. The summed E-state index contributed by atoms with van der Waals surface area (Å²) in [6.07, 6.45) is 0.359. The lowest BCUT2D eigenvalue weighted by molar-refractivity contribution is -0.121. The molecule has 3 N–H and O–H groups in total. The number of amides is 2. The van der Waals surface area contributed by atoms with E-state index in [0.717, 1.165) is 0 Å². The summed E-state index contributed by atoms with van der Waals surface area (Å²) < 4.78 is 0. The van der Waals surface area contributed by atoms with Crippen molar-refractivity contribution in [1.82, 2.24) is 20.8 Å². The van der Waals surface area contributed by atoms with Crippen LogP contribution >= 0.6 is 0 Å². The van der Waals surface area contributed by atoms with Gasteiger partial charge in [-0.05, 0) is 32.9 Å². The Balaban J connectivity index is 2.38. The number of hydrogen-bond donors (Lipinski definition) is 3. The van der Waals surface area contributed by atoms with Gasteiger partial charge in [0, 0.05) is 25.6 Å². The highest BCUT2D eigenvalue weighted by molar-refractivity contribution is 5.92. The molecule has 0 aliphatic rings. The Kier molecular flexibility index (Phi) is 6.42. The molecule has 110 valence electrons. The lowest BCUT2D eigenvalue weighted by Gasteiger charge is -2.09. The van der Waals surface area contributed by atoms with E-state index >= 15 is 0 Å². The van der Waals surface area contributed by atoms with Crippen molar-refractivity contribution in [1.29, 1.82) is 0 Å². The first-order chi connectivity index (χ1) is 9.52. The summed E-state index contributed by atoms with van der Waals surface area (Å²) in [4.78, 5) is 22.9. The summed E-state index contributed by atoms with van der Waals surface area (Å²) in [5.74, 6) is 0.276. The average molecular weight is 279 g/mol. The molecule has 0 aliphatic heterocycles. The molecule has 0 saturated heterocycles. The molecule has 0 fully saturated rings. The van der Waals surface area contributed by atoms with Gasteiger partial charge < -0.3 is 16.0 Å². The quantitative estimate of drug-likeness (QED) is 0.677. The SMILES string of the molecule is CCNC(=O)c1ccc(NCCC(=O)NC(C)C)nn1. The summed E-state index contributed by atoms with van der Waals surface area (Å²) in [6.45, 7) is 6.68.